The zero-order valence-corrected chi connectivity index (χ0v) is 19.4. The molecule has 8 heteroatoms. The SMILES string of the molecule is CCCC(C)NS(=O)(=O)c1ccc(N2CCN(C(=O)c3ccc(CC)cc3)CC2)nc1. The van der Waals surface area contributed by atoms with Crippen LogP contribution >= 0.6 is 0 Å². The van der Waals surface area contributed by atoms with Gasteiger partial charge in [-0.25, -0.2) is 18.1 Å². The molecule has 1 aliphatic heterocycles. The molecule has 1 N–H and O–H groups in total. The summed E-state index contributed by atoms with van der Waals surface area (Å²) in [5.41, 5.74) is 1.93. The lowest BCUT2D eigenvalue weighted by Gasteiger charge is -2.35. The van der Waals surface area contributed by atoms with Crippen molar-refractivity contribution in [3.63, 3.8) is 0 Å². The van der Waals surface area contributed by atoms with E-state index in [1.54, 1.807) is 12.1 Å². The molecule has 168 valence electrons. The molecule has 0 spiro atoms. The molecule has 2 heterocycles. The van der Waals surface area contributed by atoms with E-state index in [0.29, 0.717) is 31.7 Å². The van der Waals surface area contributed by atoms with Crippen molar-refractivity contribution in [2.75, 3.05) is 31.1 Å². The Morgan fingerprint density at radius 3 is 2.29 bits per heavy atom. The Bertz CT molecular complexity index is 967. The molecule has 1 saturated heterocycles. The molecule has 1 aromatic heterocycles. The highest BCUT2D eigenvalue weighted by Crippen LogP contribution is 2.18. The van der Waals surface area contributed by atoms with Crippen molar-refractivity contribution in [3.05, 3.63) is 53.7 Å². The number of aromatic nitrogens is 1. The molecule has 3 rings (SSSR count). The third-order valence-electron chi connectivity index (χ3n) is 5.61. The number of anilines is 1. The first-order valence-corrected chi connectivity index (χ1v) is 12.4. The number of carbonyl (C=O) groups is 1. The van der Waals surface area contributed by atoms with E-state index in [0.717, 1.165) is 25.1 Å². The Morgan fingerprint density at radius 2 is 1.74 bits per heavy atom. The number of benzene rings is 1. The third-order valence-corrected chi connectivity index (χ3v) is 7.18. The summed E-state index contributed by atoms with van der Waals surface area (Å²) in [6.07, 6.45) is 4.06. The van der Waals surface area contributed by atoms with E-state index < -0.39 is 10.0 Å². The maximum atomic E-state index is 12.8. The summed E-state index contributed by atoms with van der Waals surface area (Å²) in [6.45, 7) is 8.50. The van der Waals surface area contributed by atoms with Gasteiger partial charge >= 0.3 is 0 Å². The number of hydrogen-bond donors (Lipinski definition) is 1. The van der Waals surface area contributed by atoms with Crippen LogP contribution in [0.1, 0.15) is 49.5 Å². The van der Waals surface area contributed by atoms with Crippen LogP contribution < -0.4 is 9.62 Å². The molecule has 7 nitrogen and oxygen atoms in total. The van der Waals surface area contributed by atoms with E-state index in [-0.39, 0.29) is 16.8 Å². The first kappa shape index (κ1) is 23.2. The number of nitrogens with zero attached hydrogens (tertiary/aromatic N) is 3. The standard InChI is InChI=1S/C23H32N4O3S/c1-4-6-18(3)25-31(29,30)21-11-12-22(24-17-21)26-13-15-27(16-14-26)23(28)20-9-7-19(5-2)8-10-20/h7-12,17-18,25H,4-6,13-16H2,1-3H3. The van der Waals surface area contributed by atoms with Gasteiger partial charge in [-0.1, -0.05) is 32.4 Å². The van der Waals surface area contributed by atoms with E-state index in [1.165, 1.54) is 11.8 Å². The van der Waals surface area contributed by atoms with Gasteiger partial charge in [-0.15, -0.1) is 0 Å². The number of nitrogens with one attached hydrogen (secondary N) is 1. The zero-order chi connectivity index (χ0) is 22.4. The summed E-state index contributed by atoms with van der Waals surface area (Å²) in [7, 11) is -3.57. The van der Waals surface area contributed by atoms with Crippen LogP contribution in [-0.2, 0) is 16.4 Å². The molecule has 1 fully saturated rings. The first-order valence-electron chi connectivity index (χ1n) is 11.0. The fourth-order valence-corrected chi connectivity index (χ4v) is 4.97. The number of aryl methyl sites for hydroxylation is 1. The Hall–Kier alpha value is -2.45. The van der Waals surface area contributed by atoms with Gasteiger partial charge < -0.3 is 9.80 Å². The molecular weight excluding hydrogens is 412 g/mol. The fourth-order valence-electron chi connectivity index (χ4n) is 3.75. The lowest BCUT2D eigenvalue weighted by Crippen LogP contribution is -2.49. The highest BCUT2D eigenvalue weighted by molar-refractivity contribution is 7.89. The van der Waals surface area contributed by atoms with Crippen molar-refractivity contribution < 1.29 is 13.2 Å². The van der Waals surface area contributed by atoms with Gasteiger partial charge in [0.15, 0.2) is 0 Å². The van der Waals surface area contributed by atoms with E-state index in [4.69, 9.17) is 0 Å². The normalized spacial score (nSPS) is 15.7. The first-order chi connectivity index (χ1) is 14.8. The quantitative estimate of drug-likeness (QED) is 0.677. The minimum Gasteiger partial charge on any atom is -0.353 e. The van der Waals surface area contributed by atoms with Crippen LogP contribution in [0.25, 0.3) is 0 Å². The molecular formula is C23H32N4O3S. The predicted molar refractivity (Wildman–Crippen MR) is 123 cm³/mol. The highest BCUT2D eigenvalue weighted by Gasteiger charge is 2.24. The Balaban J connectivity index is 1.58. The third kappa shape index (κ3) is 5.83. The molecule has 1 amide bonds. The fraction of sp³-hybridized carbons (Fsp3) is 0.478. The van der Waals surface area contributed by atoms with Gasteiger partial charge in [-0.2, -0.15) is 0 Å². The van der Waals surface area contributed by atoms with Gasteiger partial charge in [0, 0.05) is 44.0 Å². The molecule has 31 heavy (non-hydrogen) atoms. The van der Waals surface area contributed by atoms with Crippen molar-refractivity contribution in [1.82, 2.24) is 14.6 Å². The van der Waals surface area contributed by atoms with E-state index in [1.807, 2.05) is 43.0 Å². The summed E-state index contributed by atoms with van der Waals surface area (Å²) < 4.78 is 27.7. The smallest absolute Gasteiger partial charge is 0.253 e. The molecule has 0 aliphatic carbocycles. The van der Waals surface area contributed by atoms with Crippen molar-refractivity contribution in [1.29, 1.82) is 0 Å². The van der Waals surface area contributed by atoms with Gasteiger partial charge in [0.25, 0.3) is 5.91 Å². The zero-order valence-electron chi connectivity index (χ0n) is 18.5. The largest absolute Gasteiger partial charge is 0.353 e. The topological polar surface area (TPSA) is 82.6 Å². The van der Waals surface area contributed by atoms with Crippen molar-refractivity contribution >= 4 is 21.7 Å². The summed E-state index contributed by atoms with van der Waals surface area (Å²) in [5, 5.41) is 0. The number of carbonyl (C=O) groups excluding carboxylic acids is 1. The van der Waals surface area contributed by atoms with Gasteiger partial charge in [0.2, 0.25) is 10.0 Å². The average Bonchev–Trinajstić information content (AvgIpc) is 2.78. The monoisotopic (exact) mass is 444 g/mol. The van der Waals surface area contributed by atoms with Crippen molar-refractivity contribution in [2.24, 2.45) is 0 Å². The van der Waals surface area contributed by atoms with Gasteiger partial charge in [-0.3, -0.25) is 4.79 Å². The number of amides is 1. The number of rotatable bonds is 8. The minimum atomic E-state index is -3.57. The van der Waals surface area contributed by atoms with Gasteiger partial charge in [0.1, 0.15) is 10.7 Å². The van der Waals surface area contributed by atoms with Gasteiger partial charge in [0.05, 0.1) is 0 Å². The molecule has 0 bridgehead atoms. The second-order valence-corrected chi connectivity index (χ2v) is 9.71. The highest BCUT2D eigenvalue weighted by atomic mass is 32.2. The molecule has 2 aromatic rings. The maximum Gasteiger partial charge on any atom is 0.253 e. The number of hydrogen-bond acceptors (Lipinski definition) is 5. The van der Waals surface area contributed by atoms with Crippen LogP contribution in [0, 0.1) is 0 Å². The Morgan fingerprint density at radius 1 is 1.06 bits per heavy atom. The molecule has 0 radical (unpaired) electrons. The predicted octanol–water partition coefficient (Wildman–Crippen LogP) is 3.07. The summed E-state index contributed by atoms with van der Waals surface area (Å²) in [6, 6.07) is 11.0. The van der Waals surface area contributed by atoms with E-state index >= 15 is 0 Å². The molecule has 1 unspecified atom stereocenters. The van der Waals surface area contributed by atoms with Crippen LogP contribution in [0.4, 0.5) is 5.82 Å². The minimum absolute atomic E-state index is 0.0453. The molecule has 1 aromatic carbocycles. The Labute approximate surface area is 185 Å². The van der Waals surface area contributed by atoms with Crippen LogP contribution in [0.15, 0.2) is 47.5 Å². The molecule has 0 saturated carbocycles. The lowest BCUT2D eigenvalue weighted by atomic mass is 10.1. The Kier molecular flexibility index (Phi) is 7.67. The number of pyridine rings is 1. The van der Waals surface area contributed by atoms with Gasteiger partial charge in [-0.05, 0) is 49.6 Å². The summed E-state index contributed by atoms with van der Waals surface area (Å²) >= 11 is 0. The molecule has 1 aliphatic rings. The van der Waals surface area contributed by atoms with E-state index in [9.17, 15) is 13.2 Å². The number of sulfonamides is 1. The second-order valence-electron chi connectivity index (χ2n) is 7.99. The molecule has 1 atom stereocenters. The maximum absolute atomic E-state index is 12.8. The van der Waals surface area contributed by atoms with E-state index in [2.05, 4.69) is 21.5 Å². The average molecular weight is 445 g/mol. The summed E-state index contributed by atoms with van der Waals surface area (Å²) in [4.78, 5) is 21.2. The van der Waals surface area contributed by atoms with Crippen LogP contribution in [-0.4, -0.2) is 56.4 Å². The lowest BCUT2D eigenvalue weighted by molar-refractivity contribution is 0.0746. The van der Waals surface area contributed by atoms with Crippen LogP contribution in [0.3, 0.4) is 0 Å². The van der Waals surface area contributed by atoms with Crippen LogP contribution in [0.5, 0.6) is 0 Å². The number of piperazine rings is 1. The van der Waals surface area contributed by atoms with Crippen molar-refractivity contribution in [2.45, 2.75) is 51.0 Å². The summed E-state index contributed by atoms with van der Waals surface area (Å²) in [5.74, 6) is 0.768. The second kappa shape index (κ2) is 10.2. The van der Waals surface area contributed by atoms with Crippen LogP contribution in [0.2, 0.25) is 0 Å². The van der Waals surface area contributed by atoms with Crippen molar-refractivity contribution in [3.8, 4) is 0 Å².